The number of morpholine rings is 1. The van der Waals surface area contributed by atoms with Crippen LogP contribution in [0.4, 0.5) is 14.5 Å². The van der Waals surface area contributed by atoms with E-state index in [0.29, 0.717) is 23.7 Å². The molecule has 3 unspecified atom stereocenters. The molecule has 0 amide bonds. The Morgan fingerprint density at radius 1 is 0.950 bits per heavy atom. The number of ether oxygens (including phenoxy) is 1. The van der Waals surface area contributed by atoms with Crippen LogP contribution in [0.15, 0.2) is 73.1 Å². The Balaban J connectivity index is 1.71. The summed E-state index contributed by atoms with van der Waals surface area (Å²) in [4.78, 5) is 6.12. The van der Waals surface area contributed by atoms with Crippen LogP contribution < -0.4 is 15.3 Å². The topological polar surface area (TPSA) is 47.5 Å². The molecule has 40 heavy (non-hydrogen) atoms. The molecule has 209 valence electrons. The molecule has 2 heterocycles. The predicted octanol–water partition coefficient (Wildman–Crippen LogP) is 6.01. The first-order valence-corrected chi connectivity index (χ1v) is 15.7. The smallest absolute Gasteiger partial charge is 0.283 e. The standard InChI is InChI=1S/C31H34F2N3O2SSi/c1-20-17-36(18-21(2)37-20)28-25(16-24(26(32)27(28)33)30-34-19-35-39-30)29(31(3,4)5)38-40(22-12-8-6-9-13-22)23-14-10-7-11-15-23/h6-16,19-21,29H,17-18H2,1-5H3. The third kappa shape index (κ3) is 6.02. The fourth-order valence-electron chi connectivity index (χ4n) is 5.27. The van der Waals surface area contributed by atoms with Crippen molar-refractivity contribution in [3.63, 3.8) is 0 Å². The summed E-state index contributed by atoms with van der Waals surface area (Å²) in [7, 11) is -1.77. The van der Waals surface area contributed by atoms with E-state index in [1.807, 2.05) is 55.1 Å². The van der Waals surface area contributed by atoms with Crippen LogP contribution in [0.1, 0.15) is 46.3 Å². The van der Waals surface area contributed by atoms with E-state index in [1.54, 1.807) is 6.07 Å². The van der Waals surface area contributed by atoms with E-state index < -0.39 is 32.2 Å². The van der Waals surface area contributed by atoms with Gasteiger partial charge in [0.2, 0.25) is 0 Å². The number of hydrogen-bond acceptors (Lipinski definition) is 6. The van der Waals surface area contributed by atoms with Gasteiger partial charge in [-0.25, -0.2) is 13.8 Å². The van der Waals surface area contributed by atoms with Crippen molar-refractivity contribution >= 4 is 36.6 Å². The molecule has 0 spiro atoms. The molecule has 3 aromatic carbocycles. The summed E-state index contributed by atoms with van der Waals surface area (Å²) in [6.45, 7) is 11.0. The van der Waals surface area contributed by atoms with Gasteiger partial charge < -0.3 is 14.1 Å². The van der Waals surface area contributed by atoms with Gasteiger partial charge in [0.05, 0.1) is 29.6 Å². The lowest BCUT2D eigenvalue weighted by Crippen LogP contribution is -2.48. The minimum Gasteiger partial charge on any atom is -0.400 e. The molecule has 0 N–H and O–H groups in total. The molecule has 0 saturated carbocycles. The Bertz CT molecular complexity index is 1370. The SMILES string of the molecule is CC1CN(c2c(C(O[Si](c3ccccc3)c3ccccc3)C(C)(C)C)cc(-c3ncns3)c(F)c2F)CC(C)O1. The second kappa shape index (κ2) is 11.9. The van der Waals surface area contributed by atoms with E-state index in [-0.39, 0.29) is 23.5 Å². The van der Waals surface area contributed by atoms with E-state index in [2.05, 4.69) is 54.4 Å². The Morgan fingerprint density at radius 3 is 2.02 bits per heavy atom. The van der Waals surface area contributed by atoms with Crippen LogP contribution in [0.2, 0.25) is 0 Å². The lowest BCUT2D eigenvalue weighted by molar-refractivity contribution is -0.00575. The van der Waals surface area contributed by atoms with Crippen molar-refractivity contribution in [3.8, 4) is 10.6 Å². The van der Waals surface area contributed by atoms with E-state index in [1.165, 1.54) is 6.33 Å². The van der Waals surface area contributed by atoms with Gasteiger partial charge in [-0.2, -0.15) is 4.37 Å². The van der Waals surface area contributed by atoms with E-state index in [0.717, 1.165) is 21.9 Å². The first-order chi connectivity index (χ1) is 19.1. The van der Waals surface area contributed by atoms with Gasteiger partial charge in [-0.05, 0) is 47.2 Å². The number of hydrogen-bond donors (Lipinski definition) is 0. The summed E-state index contributed by atoms with van der Waals surface area (Å²) in [6.07, 6.45) is 0.528. The number of nitrogens with zero attached hydrogens (tertiary/aromatic N) is 3. The monoisotopic (exact) mass is 578 g/mol. The van der Waals surface area contributed by atoms with Gasteiger partial charge in [0, 0.05) is 18.7 Å². The zero-order chi connectivity index (χ0) is 28.4. The molecule has 0 bridgehead atoms. The maximum Gasteiger partial charge on any atom is 0.283 e. The zero-order valence-corrected chi connectivity index (χ0v) is 25.2. The molecular formula is C31H34F2N3O2SSi. The summed E-state index contributed by atoms with van der Waals surface area (Å²) in [6, 6.07) is 22.0. The normalized spacial score (nSPS) is 18.8. The predicted molar refractivity (Wildman–Crippen MR) is 159 cm³/mol. The van der Waals surface area contributed by atoms with Crippen molar-refractivity contribution in [2.75, 3.05) is 18.0 Å². The van der Waals surface area contributed by atoms with Crippen LogP contribution >= 0.6 is 11.5 Å². The molecule has 1 aliphatic heterocycles. The summed E-state index contributed by atoms with van der Waals surface area (Å²) >= 11 is 1.04. The van der Waals surface area contributed by atoms with Crippen LogP contribution in [0, 0.1) is 17.0 Å². The summed E-state index contributed by atoms with van der Waals surface area (Å²) in [5, 5.41) is 2.49. The van der Waals surface area contributed by atoms with Crippen molar-refractivity contribution in [1.82, 2.24) is 9.36 Å². The minimum absolute atomic E-state index is 0.0964. The van der Waals surface area contributed by atoms with Crippen LogP contribution in [0.5, 0.6) is 0 Å². The molecule has 3 atom stereocenters. The molecule has 1 saturated heterocycles. The highest BCUT2D eigenvalue weighted by Crippen LogP contribution is 2.45. The first kappa shape index (κ1) is 28.5. The quantitative estimate of drug-likeness (QED) is 0.252. The fourth-order valence-corrected chi connectivity index (χ4v) is 8.12. The first-order valence-electron chi connectivity index (χ1n) is 13.5. The van der Waals surface area contributed by atoms with Crippen LogP contribution in [-0.2, 0) is 9.16 Å². The summed E-state index contributed by atoms with van der Waals surface area (Å²) in [5.41, 5.74) is 0.474. The van der Waals surface area contributed by atoms with E-state index in [4.69, 9.17) is 9.16 Å². The molecule has 4 aromatic rings. The van der Waals surface area contributed by atoms with Gasteiger partial charge >= 0.3 is 0 Å². The average molecular weight is 579 g/mol. The summed E-state index contributed by atoms with van der Waals surface area (Å²) in [5.74, 6) is -1.82. The molecule has 1 aliphatic rings. The average Bonchev–Trinajstić information content (AvgIpc) is 3.45. The van der Waals surface area contributed by atoms with Crippen molar-refractivity contribution < 1.29 is 17.9 Å². The largest absolute Gasteiger partial charge is 0.400 e. The van der Waals surface area contributed by atoms with Crippen LogP contribution in [0.3, 0.4) is 0 Å². The third-order valence-corrected chi connectivity index (χ3v) is 9.80. The Labute approximate surface area is 240 Å². The molecule has 5 rings (SSSR count). The van der Waals surface area contributed by atoms with Crippen LogP contribution in [0.25, 0.3) is 10.6 Å². The summed E-state index contributed by atoms with van der Waals surface area (Å²) < 4.78 is 49.2. The van der Waals surface area contributed by atoms with Crippen molar-refractivity contribution in [2.24, 2.45) is 5.41 Å². The second-order valence-electron chi connectivity index (χ2n) is 11.3. The third-order valence-electron chi connectivity index (χ3n) is 6.91. The van der Waals surface area contributed by atoms with E-state index >= 15 is 8.78 Å². The van der Waals surface area contributed by atoms with Gasteiger partial charge in [-0.1, -0.05) is 81.4 Å². The number of anilines is 1. The van der Waals surface area contributed by atoms with Gasteiger partial charge in [-0.3, -0.25) is 0 Å². The maximum atomic E-state index is 16.3. The van der Waals surface area contributed by atoms with Crippen molar-refractivity contribution in [3.05, 3.63) is 90.3 Å². The van der Waals surface area contributed by atoms with Crippen LogP contribution in [-0.4, -0.2) is 43.7 Å². The lowest BCUT2D eigenvalue weighted by atomic mass is 9.83. The molecule has 1 aromatic heterocycles. The van der Waals surface area contributed by atoms with Gasteiger partial charge in [-0.15, -0.1) is 0 Å². The highest BCUT2D eigenvalue weighted by molar-refractivity contribution is 7.09. The van der Waals surface area contributed by atoms with E-state index in [9.17, 15) is 0 Å². The molecule has 9 heteroatoms. The second-order valence-corrected chi connectivity index (χ2v) is 14.2. The highest BCUT2D eigenvalue weighted by atomic mass is 32.1. The Hall–Kier alpha value is -2.98. The number of aromatic nitrogens is 2. The van der Waals surface area contributed by atoms with Crippen molar-refractivity contribution in [1.29, 1.82) is 0 Å². The number of rotatable bonds is 7. The molecule has 5 nitrogen and oxygen atoms in total. The maximum absolute atomic E-state index is 16.3. The minimum atomic E-state index is -1.77. The Morgan fingerprint density at radius 2 is 1.52 bits per heavy atom. The fraction of sp³-hybridized carbons (Fsp3) is 0.355. The molecule has 0 aliphatic carbocycles. The Kier molecular flexibility index (Phi) is 8.46. The highest BCUT2D eigenvalue weighted by Gasteiger charge is 2.38. The molecule has 1 radical (unpaired) electrons. The molecule has 1 fully saturated rings. The zero-order valence-electron chi connectivity index (χ0n) is 23.4. The van der Waals surface area contributed by atoms with Gasteiger partial charge in [0.1, 0.15) is 11.3 Å². The lowest BCUT2D eigenvalue weighted by Gasteiger charge is -2.41. The van der Waals surface area contributed by atoms with Crippen molar-refractivity contribution in [2.45, 2.75) is 52.9 Å². The number of benzene rings is 3. The van der Waals surface area contributed by atoms with Gasteiger partial charge in [0.15, 0.2) is 11.6 Å². The van der Waals surface area contributed by atoms with Gasteiger partial charge in [0.25, 0.3) is 9.04 Å². The number of halogens is 2. The molecular weight excluding hydrogens is 545 g/mol.